The molecular weight excluding hydrogens is 283 g/mol. The van der Waals surface area contributed by atoms with E-state index in [-0.39, 0.29) is 30.3 Å². The SMILES string of the molecule is Cl.NC1CCCC(C(=O)NCc2cccc(Cl)c2)C1. The number of hydrogen-bond acceptors (Lipinski definition) is 2. The average Bonchev–Trinajstić information content (AvgIpc) is 2.36. The number of amides is 1. The van der Waals surface area contributed by atoms with E-state index in [2.05, 4.69) is 5.32 Å². The lowest BCUT2D eigenvalue weighted by Gasteiger charge is -2.25. The van der Waals surface area contributed by atoms with Crippen molar-refractivity contribution in [2.24, 2.45) is 11.7 Å². The fourth-order valence-corrected chi connectivity index (χ4v) is 2.66. The number of carbonyl (C=O) groups excluding carboxylic acids is 1. The highest BCUT2D eigenvalue weighted by atomic mass is 35.5. The molecule has 1 aromatic rings. The molecule has 1 aromatic carbocycles. The van der Waals surface area contributed by atoms with Crippen LogP contribution >= 0.6 is 24.0 Å². The smallest absolute Gasteiger partial charge is 0.223 e. The van der Waals surface area contributed by atoms with E-state index in [0.717, 1.165) is 31.2 Å². The van der Waals surface area contributed by atoms with Gasteiger partial charge >= 0.3 is 0 Å². The molecule has 0 spiro atoms. The standard InChI is InChI=1S/C14H19ClN2O.ClH/c15-12-5-1-3-10(7-12)9-17-14(18)11-4-2-6-13(16)8-11;/h1,3,5,7,11,13H,2,4,6,8-9,16H2,(H,17,18);1H. The van der Waals surface area contributed by atoms with Gasteiger partial charge in [0.15, 0.2) is 0 Å². The van der Waals surface area contributed by atoms with Crippen molar-refractivity contribution >= 4 is 29.9 Å². The Morgan fingerprint density at radius 3 is 2.89 bits per heavy atom. The van der Waals surface area contributed by atoms with Crippen LogP contribution in [0.25, 0.3) is 0 Å². The molecule has 19 heavy (non-hydrogen) atoms. The Bertz CT molecular complexity index is 426. The van der Waals surface area contributed by atoms with Crippen molar-refractivity contribution in [2.75, 3.05) is 0 Å². The Labute approximate surface area is 125 Å². The molecule has 0 aliphatic heterocycles. The Morgan fingerprint density at radius 1 is 1.42 bits per heavy atom. The molecule has 0 aromatic heterocycles. The first-order chi connectivity index (χ1) is 8.65. The zero-order valence-corrected chi connectivity index (χ0v) is 12.3. The maximum atomic E-state index is 12.0. The minimum Gasteiger partial charge on any atom is -0.352 e. The van der Waals surface area contributed by atoms with Crippen molar-refractivity contribution in [2.45, 2.75) is 38.3 Å². The molecule has 106 valence electrons. The van der Waals surface area contributed by atoms with Gasteiger partial charge in [-0.15, -0.1) is 12.4 Å². The van der Waals surface area contributed by atoms with Gasteiger partial charge in [0.05, 0.1) is 0 Å². The summed E-state index contributed by atoms with van der Waals surface area (Å²) in [6.07, 6.45) is 3.85. The molecule has 3 N–H and O–H groups in total. The number of carbonyl (C=O) groups is 1. The van der Waals surface area contributed by atoms with Crippen LogP contribution in [-0.2, 0) is 11.3 Å². The molecule has 0 bridgehead atoms. The van der Waals surface area contributed by atoms with Gasteiger partial charge in [0.1, 0.15) is 0 Å². The number of rotatable bonds is 3. The molecule has 2 atom stereocenters. The van der Waals surface area contributed by atoms with Gasteiger partial charge in [0.25, 0.3) is 0 Å². The summed E-state index contributed by atoms with van der Waals surface area (Å²) in [5.74, 6) is 0.193. The summed E-state index contributed by atoms with van der Waals surface area (Å²) >= 11 is 5.90. The first-order valence-corrected chi connectivity index (χ1v) is 6.80. The van der Waals surface area contributed by atoms with Gasteiger partial charge in [-0.3, -0.25) is 4.79 Å². The molecule has 1 saturated carbocycles. The normalized spacial score (nSPS) is 22.4. The van der Waals surface area contributed by atoms with Crippen LogP contribution in [-0.4, -0.2) is 11.9 Å². The maximum absolute atomic E-state index is 12.0. The van der Waals surface area contributed by atoms with Crippen molar-refractivity contribution in [3.05, 3.63) is 34.9 Å². The summed E-state index contributed by atoms with van der Waals surface area (Å²) in [7, 11) is 0. The second kappa shape index (κ2) is 7.73. The molecule has 0 radical (unpaired) electrons. The number of nitrogens with two attached hydrogens (primary N) is 1. The third-order valence-corrected chi connectivity index (χ3v) is 3.68. The highest BCUT2D eigenvalue weighted by molar-refractivity contribution is 6.30. The van der Waals surface area contributed by atoms with Gasteiger partial charge in [-0.05, 0) is 37.0 Å². The quantitative estimate of drug-likeness (QED) is 0.902. The molecule has 0 heterocycles. The maximum Gasteiger partial charge on any atom is 0.223 e. The first kappa shape index (κ1) is 16.3. The first-order valence-electron chi connectivity index (χ1n) is 6.43. The van der Waals surface area contributed by atoms with Gasteiger partial charge in [0.2, 0.25) is 5.91 Å². The third kappa shape index (κ3) is 5.01. The lowest BCUT2D eigenvalue weighted by atomic mass is 9.85. The van der Waals surface area contributed by atoms with Crippen LogP contribution < -0.4 is 11.1 Å². The Kier molecular flexibility index (Phi) is 6.63. The molecule has 1 fully saturated rings. The van der Waals surface area contributed by atoms with Crippen LogP contribution in [0.15, 0.2) is 24.3 Å². The molecule has 3 nitrogen and oxygen atoms in total. The number of halogens is 2. The fraction of sp³-hybridized carbons (Fsp3) is 0.500. The van der Waals surface area contributed by atoms with E-state index in [1.165, 1.54) is 0 Å². The van der Waals surface area contributed by atoms with Gasteiger partial charge in [-0.25, -0.2) is 0 Å². The van der Waals surface area contributed by atoms with Crippen molar-refractivity contribution in [1.82, 2.24) is 5.32 Å². The fourth-order valence-electron chi connectivity index (χ4n) is 2.45. The van der Waals surface area contributed by atoms with Crippen LogP contribution in [0.5, 0.6) is 0 Å². The predicted molar refractivity (Wildman–Crippen MR) is 80.5 cm³/mol. The van der Waals surface area contributed by atoms with E-state index in [1.807, 2.05) is 24.3 Å². The average molecular weight is 303 g/mol. The topological polar surface area (TPSA) is 55.1 Å². The summed E-state index contributed by atoms with van der Waals surface area (Å²) in [4.78, 5) is 12.0. The van der Waals surface area contributed by atoms with Crippen LogP contribution in [0.2, 0.25) is 5.02 Å². The Morgan fingerprint density at radius 2 is 2.21 bits per heavy atom. The van der Waals surface area contributed by atoms with Gasteiger partial charge in [-0.1, -0.05) is 30.2 Å². The molecule has 0 saturated heterocycles. The van der Waals surface area contributed by atoms with Crippen LogP contribution in [0.3, 0.4) is 0 Å². The van der Waals surface area contributed by atoms with Crippen LogP contribution in [0, 0.1) is 5.92 Å². The highest BCUT2D eigenvalue weighted by Gasteiger charge is 2.24. The van der Waals surface area contributed by atoms with E-state index in [0.29, 0.717) is 11.6 Å². The molecule has 5 heteroatoms. The summed E-state index contributed by atoms with van der Waals surface area (Å²) in [6, 6.07) is 7.72. The minimum absolute atomic E-state index is 0. The predicted octanol–water partition coefficient (Wildman–Crippen LogP) is 2.90. The number of hydrogen-bond donors (Lipinski definition) is 2. The van der Waals surface area contributed by atoms with Gasteiger partial charge in [-0.2, -0.15) is 0 Å². The van der Waals surface area contributed by atoms with E-state index in [1.54, 1.807) is 0 Å². The van der Waals surface area contributed by atoms with Crippen molar-refractivity contribution in [1.29, 1.82) is 0 Å². The molecule has 2 rings (SSSR count). The summed E-state index contributed by atoms with van der Waals surface area (Å²) < 4.78 is 0. The Balaban J connectivity index is 0.00000180. The van der Waals surface area contributed by atoms with Gasteiger partial charge in [0, 0.05) is 23.5 Å². The van der Waals surface area contributed by atoms with Gasteiger partial charge < -0.3 is 11.1 Å². The van der Waals surface area contributed by atoms with E-state index >= 15 is 0 Å². The van der Waals surface area contributed by atoms with E-state index in [4.69, 9.17) is 17.3 Å². The van der Waals surface area contributed by atoms with E-state index < -0.39 is 0 Å². The van der Waals surface area contributed by atoms with Crippen LogP contribution in [0.1, 0.15) is 31.2 Å². The second-order valence-electron chi connectivity index (χ2n) is 4.97. The Hall–Kier alpha value is -0.770. The molecule has 1 amide bonds. The summed E-state index contributed by atoms with van der Waals surface area (Å²) in [5, 5.41) is 3.66. The second-order valence-corrected chi connectivity index (χ2v) is 5.41. The molecule has 2 unspecified atom stereocenters. The molecular formula is C14H20Cl2N2O. The number of benzene rings is 1. The molecule has 1 aliphatic rings. The lowest BCUT2D eigenvalue weighted by Crippen LogP contribution is -2.37. The zero-order chi connectivity index (χ0) is 13.0. The van der Waals surface area contributed by atoms with E-state index in [9.17, 15) is 4.79 Å². The largest absolute Gasteiger partial charge is 0.352 e. The summed E-state index contributed by atoms with van der Waals surface area (Å²) in [5.41, 5.74) is 6.92. The minimum atomic E-state index is 0. The van der Waals surface area contributed by atoms with Crippen molar-refractivity contribution in [3.63, 3.8) is 0 Å². The number of nitrogens with one attached hydrogen (secondary N) is 1. The highest BCUT2D eigenvalue weighted by Crippen LogP contribution is 2.23. The summed E-state index contributed by atoms with van der Waals surface area (Å²) in [6.45, 7) is 0.533. The molecule has 1 aliphatic carbocycles. The van der Waals surface area contributed by atoms with Crippen molar-refractivity contribution in [3.8, 4) is 0 Å². The van der Waals surface area contributed by atoms with Crippen LogP contribution in [0.4, 0.5) is 0 Å². The van der Waals surface area contributed by atoms with Crippen molar-refractivity contribution < 1.29 is 4.79 Å². The lowest BCUT2D eigenvalue weighted by molar-refractivity contribution is -0.126. The monoisotopic (exact) mass is 302 g/mol. The zero-order valence-electron chi connectivity index (χ0n) is 10.8. The third-order valence-electron chi connectivity index (χ3n) is 3.44.